The van der Waals surface area contributed by atoms with E-state index in [0.717, 1.165) is 12.8 Å². The second-order valence-electron chi connectivity index (χ2n) is 1.59. The van der Waals surface area contributed by atoms with Crippen LogP contribution in [0.15, 0.2) is 0 Å². The van der Waals surface area contributed by atoms with Gasteiger partial charge < -0.3 is 0 Å². The lowest BCUT2D eigenvalue weighted by molar-refractivity contribution is 1.28. The van der Waals surface area contributed by atoms with Crippen LogP contribution in [0.5, 0.6) is 0 Å². The van der Waals surface area contributed by atoms with Crippen LogP contribution in [0.3, 0.4) is 0 Å². The third kappa shape index (κ3) is 7.34. The fraction of sp³-hybridized carbons (Fsp3) is 0.500. The van der Waals surface area contributed by atoms with E-state index in [1.165, 1.54) is 0 Å². The Balaban J connectivity index is 3.28. The molecule has 9 heavy (non-hydrogen) atoms. The second kappa shape index (κ2) is 7.34. The van der Waals surface area contributed by atoms with Gasteiger partial charge in [-0.25, -0.2) is 0 Å². The van der Waals surface area contributed by atoms with Gasteiger partial charge >= 0.3 is 0 Å². The van der Waals surface area contributed by atoms with Crippen molar-refractivity contribution in [2.45, 2.75) is 26.7 Å². The summed E-state index contributed by atoms with van der Waals surface area (Å²) in [5.41, 5.74) is 6.17. The van der Waals surface area contributed by atoms with Gasteiger partial charge in [-0.05, 0) is 0 Å². The zero-order valence-electron chi connectivity index (χ0n) is 6.12. The van der Waals surface area contributed by atoms with E-state index < -0.39 is 0 Å². The lowest BCUT2D eigenvalue weighted by atomic mass is 10.5. The molecule has 0 radical (unpaired) electrons. The standard InChI is InChI=1S/C8H12Si/c1-3-5-7-9-8-6-4-2/h3-4,9H2,1-2H3. The van der Waals surface area contributed by atoms with Gasteiger partial charge in [0, 0.05) is 12.8 Å². The summed E-state index contributed by atoms with van der Waals surface area (Å²) in [5, 5.41) is 0. The largest absolute Gasteiger partial charge is 0.187 e. The van der Waals surface area contributed by atoms with E-state index in [4.69, 9.17) is 0 Å². The highest BCUT2D eigenvalue weighted by molar-refractivity contribution is 6.55. The Morgan fingerprint density at radius 1 is 1.00 bits per heavy atom. The van der Waals surface area contributed by atoms with Crippen LogP contribution < -0.4 is 0 Å². The fourth-order valence-electron chi connectivity index (χ4n) is 0.419. The normalized spacial score (nSPS) is 6.44. The summed E-state index contributed by atoms with van der Waals surface area (Å²) in [6, 6.07) is 0. The zero-order chi connectivity index (χ0) is 6.95. The summed E-state index contributed by atoms with van der Waals surface area (Å²) >= 11 is 0. The summed E-state index contributed by atoms with van der Waals surface area (Å²) in [6.45, 7) is 4.13. The van der Waals surface area contributed by atoms with E-state index in [-0.39, 0.29) is 9.52 Å². The molecule has 0 nitrogen and oxygen atoms in total. The molecular formula is C8H12Si. The maximum absolute atomic E-state index is 3.09. The summed E-state index contributed by atoms with van der Waals surface area (Å²) < 4.78 is 0. The molecule has 0 aromatic rings. The van der Waals surface area contributed by atoms with Gasteiger partial charge in [0.15, 0.2) is 9.52 Å². The van der Waals surface area contributed by atoms with E-state index in [0.29, 0.717) is 0 Å². The van der Waals surface area contributed by atoms with Gasteiger partial charge in [-0.1, -0.05) is 13.8 Å². The van der Waals surface area contributed by atoms with Crippen molar-refractivity contribution in [1.29, 1.82) is 0 Å². The predicted octanol–water partition coefficient (Wildman–Crippen LogP) is 0.897. The molecule has 0 aliphatic carbocycles. The minimum Gasteiger partial charge on any atom is -0.124 e. The molecule has 0 aliphatic heterocycles. The highest BCUT2D eigenvalue weighted by Crippen LogP contribution is 1.67. The molecule has 0 heterocycles. The molecule has 0 aromatic carbocycles. The molecule has 0 rings (SSSR count). The minimum atomic E-state index is -0.333. The van der Waals surface area contributed by atoms with Crippen LogP contribution in [0.25, 0.3) is 0 Å². The third-order valence-corrected chi connectivity index (χ3v) is 1.63. The van der Waals surface area contributed by atoms with E-state index in [1.54, 1.807) is 0 Å². The second-order valence-corrected chi connectivity index (χ2v) is 2.65. The Hall–Kier alpha value is -0.663. The number of hydrogen-bond acceptors (Lipinski definition) is 0. The highest BCUT2D eigenvalue weighted by atomic mass is 28.2. The summed E-state index contributed by atoms with van der Waals surface area (Å²) in [6.07, 6.45) is 1.95. The van der Waals surface area contributed by atoms with Gasteiger partial charge in [-0.2, -0.15) is 0 Å². The molecule has 0 unspecified atom stereocenters. The van der Waals surface area contributed by atoms with Crippen LogP contribution in [-0.4, -0.2) is 9.52 Å². The van der Waals surface area contributed by atoms with Crippen LogP contribution in [-0.2, 0) is 0 Å². The van der Waals surface area contributed by atoms with Crippen LogP contribution in [0.2, 0.25) is 0 Å². The molecule has 0 saturated heterocycles. The molecule has 0 bridgehead atoms. The first-order valence-corrected chi connectivity index (χ1v) is 4.74. The van der Waals surface area contributed by atoms with E-state index >= 15 is 0 Å². The van der Waals surface area contributed by atoms with Gasteiger partial charge in [0.1, 0.15) is 0 Å². The van der Waals surface area contributed by atoms with Crippen molar-refractivity contribution in [1.82, 2.24) is 0 Å². The van der Waals surface area contributed by atoms with Crippen LogP contribution in [0.4, 0.5) is 0 Å². The van der Waals surface area contributed by atoms with Crippen LogP contribution >= 0.6 is 0 Å². The van der Waals surface area contributed by atoms with E-state index in [1.807, 2.05) is 0 Å². The quantitative estimate of drug-likeness (QED) is 0.343. The topological polar surface area (TPSA) is 0 Å². The van der Waals surface area contributed by atoms with Gasteiger partial charge in [0.25, 0.3) is 0 Å². The minimum absolute atomic E-state index is 0.333. The Bertz CT molecular complexity index is 140. The maximum atomic E-state index is 3.09. The molecular weight excluding hydrogens is 124 g/mol. The number of hydrogen-bond donors (Lipinski definition) is 0. The first-order chi connectivity index (χ1) is 4.41. The SMILES string of the molecule is CCC#C[SiH2]C#CCC. The van der Waals surface area contributed by atoms with Crippen LogP contribution in [0.1, 0.15) is 26.7 Å². The van der Waals surface area contributed by atoms with Crippen molar-refractivity contribution in [3.8, 4) is 22.9 Å². The van der Waals surface area contributed by atoms with Crippen LogP contribution in [0, 0.1) is 22.9 Å². The fourth-order valence-corrected chi connectivity index (χ4v) is 1.26. The molecule has 0 atom stereocenters. The smallest absolute Gasteiger partial charge is 0.124 e. The molecule has 1 heteroatoms. The van der Waals surface area contributed by atoms with Crippen molar-refractivity contribution < 1.29 is 0 Å². The Morgan fingerprint density at radius 3 is 1.78 bits per heavy atom. The predicted molar refractivity (Wildman–Crippen MR) is 44.7 cm³/mol. The molecule has 48 valence electrons. The Labute approximate surface area is 59.9 Å². The summed E-state index contributed by atoms with van der Waals surface area (Å²) in [5.74, 6) is 6.03. The molecule has 0 spiro atoms. The van der Waals surface area contributed by atoms with Crippen molar-refractivity contribution in [2.75, 3.05) is 0 Å². The first-order valence-electron chi connectivity index (χ1n) is 3.33. The summed E-state index contributed by atoms with van der Waals surface area (Å²) in [4.78, 5) is 0. The average molecular weight is 136 g/mol. The van der Waals surface area contributed by atoms with Gasteiger partial charge in [0.2, 0.25) is 0 Å². The van der Waals surface area contributed by atoms with E-state index in [9.17, 15) is 0 Å². The molecule has 0 fully saturated rings. The Kier molecular flexibility index (Phi) is 6.80. The third-order valence-electron chi connectivity index (χ3n) is 0.780. The van der Waals surface area contributed by atoms with Crippen molar-refractivity contribution in [3.05, 3.63) is 0 Å². The Morgan fingerprint density at radius 2 is 1.44 bits per heavy atom. The highest BCUT2D eigenvalue weighted by Gasteiger charge is 1.66. The van der Waals surface area contributed by atoms with E-state index in [2.05, 4.69) is 36.8 Å². The molecule has 0 amide bonds. The first kappa shape index (κ1) is 8.34. The molecule has 0 N–H and O–H groups in total. The average Bonchev–Trinajstić information content (AvgIpc) is 1.89. The van der Waals surface area contributed by atoms with Crippen molar-refractivity contribution >= 4 is 9.52 Å². The molecule has 0 aliphatic rings. The zero-order valence-corrected chi connectivity index (χ0v) is 7.54. The molecule has 0 aromatic heterocycles. The van der Waals surface area contributed by atoms with Crippen molar-refractivity contribution in [2.24, 2.45) is 0 Å². The lowest BCUT2D eigenvalue weighted by Crippen LogP contribution is -1.76. The van der Waals surface area contributed by atoms with Gasteiger partial charge in [0.05, 0.1) is 0 Å². The van der Waals surface area contributed by atoms with Crippen molar-refractivity contribution in [3.63, 3.8) is 0 Å². The molecule has 0 saturated carbocycles. The van der Waals surface area contributed by atoms with Gasteiger partial charge in [-0.15, -0.1) is 22.9 Å². The monoisotopic (exact) mass is 136 g/mol. The summed E-state index contributed by atoms with van der Waals surface area (Å²) in [7, 11) is -0.333. The van der Waals surface area contributed by atoms with Gasteiger partial charge in [-0.3, -0.25) is 0 Å². The lowest BCUT2D eigenvalue weighted by Gasteiger charge is -1.69. The number of rotatable bonds is 0. The maximum Gasteiger partial charge on any atom is 0.187 e.